The van der Waals surface area contributed by atoms with Gasteiger partial charge in [0, 0.05) is 11.7 Å². The van der Waals surface area contributed by atoms with Gasteiger partial charge in [-0.05, 0) is 50.6 Å². The number of carbonyl (C=O) groups is 1. The van der Waals surface area contributed by atoms with Crippen molar-refractivity contribution < 1.29 is 14.6 Å². The van der Waals surface area contributed by atoms with Gasteiger partial charge < -0.3 is 15.2 Å². The molecule has 2 N–H and O–H groups in total. The third kappa shape index (κ3) is 4.01. The summed E-state index contributed by atoms with van der Waals surface area (Å²) in [6.45, 7) is 5.14. The van der Waals surface area contributed by atoms with E-state index in [1.165, 1.54) is 19.4 Å². The number of aliphatic carboxylic acids is 1. The van der Waals surface area contributed by atoms with Crippen molar-refractivity contribution in [2.45, 2.75) is 32.4 Å². The minimum atomic E-state index is -1.24. The number of hydrogen-bond donors (Lipinski definition) is 2. The van der Waals surface area contributed by atoms with Crippen molar-refractivity contribution in [1.29, 1.82) is 0 Å². The standard InChI is InChI=1S/C18H21NO3/c1-13(14-7-5-4-6-8-14)19-15-9-11-16(12-10-15)22-18(2,3)17(20)21/h4-13,19H,1-3H3,(H,20,21). The van der Waals surface area contributed by atoms with Gasteiger partial charge in [-0.3, -0.25) is 0 Å². The number of ether oxygens (including phenoxy) is 1. The predicted molar refractivity (Wildman–Crippen MR) is 87.3 cm³/mol. The van der Waals surface area contributed by atoms with Crippen LogP contribution in [-0.2, 0) is 4.79 Å². The smallest absolute Gasteiger partial charge is 0.347 e. The molecule has 1 unspecified atom stereocenters. The second kappa shape index (κ2) is 6.52. The first kappa shape index (κ1) is 15.9. The zero-order valence-corrected chi connectivity index (χ0v) is 13.0. The summed E-state index contributed by atoms with van der Waals surface area (Å²) in [5.41, 5.74) is 0.915. The van der Waals surface area contributed by atoms with E-state index in [-0.39, 0.29) is 6.04 Å². The molecule has 0 spiro atoms. The predicted octanol–water partition coefficient (Wildman–Crippen LogP) is 4.10. The topological polar surface area (TPSA) is 58.6 Å². The number of nitrogens with one attached hydrogen (secondary N) is 1. The number of anilines is 1. The highest BCUT2D eigenvalue weighted by atomic mass is 16.5. The molecule has 0 saturated carbocycles. The van der Waals surface area contributed by atoms with Gasteiger partial charge in [-0.15, -0.1) is 0 Å². The van der Waals surface area contributed by atoms with Gasteiger partial charge in [-0.1, -0.05) is 30.3 Å². The molecule has 1 atom stereocenters. The Bertz CT molecular complexity index is 621. The molecule has 0 amide bonds. The van der Waals surface area contributed by atoms with Crippen LogP contribution in [-0.4, -0.2) is 16.7 Å². The Labute approximate surface area is 130 Å². The van der Waals surface area contributed by atoms with Gasteiger partial charge in [0.05, 0.1) is 0 Å². The van der Waals surface area contributed by atoms with Crippen LogP contribution in [0.4, 0.5) is 5.69 Å². The number of hydrogen-bond acceptors (Lipinski definition) is 3. The lowest BCUT2D eigenvalue weighted by Crippen LogP contribution is -2.37. The molecule has 2 rings (SSSR count). The van der Waals surface area contributed by atoms with E-state index >= 15 is 0 Å². The van der Waals surface area contributed by atoms with E-state index in [0.717, 1.165) is 5.69 Å². The van der Waals surface area contributed by atoms with Crippen LogP contribution in [0.2, 0.25) is 0 Å². The summed E-state index contributed by atoms with van der Waals surface area (Å²) in [5, 5.41) is 12.5. The number of carboxylic acids is 1. The summed E-state index contributed by atoms with van der Waals surface area (Å²) >= 11 is 0. The normalized spacial score (nSPS) is 12.5. The average Bonchev–Trinajstić information content (AvgIpc) is 2.49. The second-order valence-corrected chi connectivity index (χ2v) is 5.72. The van der Waals surface area contributed by atoms with Crippen LogP contribution in [0.3, 0.4) is 0 Å². The average molecular weight is 299 g/mol. The first-order valence-electron chi connectivity index (χ1n) is 7.22. The van der Waals surface area contributed by atoms with Crippen molar-refractivity contribution in [3.63, 3.8) is 0 Å². The lowest BCUT2D eigenvalue weighted by atomic mass is 10.1. The van der Waals surface area contributed by atoms with Gasteiger partial charge >= 0.3 is 5.97 Å². The Hall–Kier alpha value is -2.49. The molecular weight excluding hydrogens is 278 g/mol. The second-order valence-electron chi connectivity index (χ2n) is 5.72. The molecule has 116 valence electrons. The summed E-state index contributed by atoms with van der Waals surface area (Å²) in [4.78, 5) is 11.1. The summed E-state index contributed by atoms with van der Waals surface area (Å²) in [6.07, 6.45) is 0. The summed E-state index contributed by atoms with van der Waals surface area (Å²) in [7, 11) is 0. The quantitative estimate of drug-likeness (QED) is 0.843. The lowest BCUT2D eigenvalue weighted by Gasteiger charge is -2.22. The van der Waals surface area contributed by atoms with Gasteiger partial charge in [0.2, 0.25) is 0 Å². The molecular formula is C18H21NO3. The van der Waals surface area contributed by atoms with Crippen LogP contribution in [0.25, 0.3) is 0 Å². The highest BCUT2D eigenvalue weighted by Gasteiger charge is 2.29. The van der Waals surface area contributed by atoms with Crippen molar-refractivity contribution in [2.24, 2.45) is 0 Å². The molecule has 0 aromatic heterocycles. The molecule has 4 nitrogen and oxygen atoms in total. The van der Waals surface area contributed by atoms with Gasteiger partial charge in [0.25, 0.3) is 0 Å². The van der Waals surface area contributed by atoms with Gasteiger partial charge in [0.15, 0.2) is 5.60 Å². The van der Waals surface area contributed by atoms with Gasteiger partial charge in [-0.25, -0.2) is 4.79 Å². The zero-order chi connectivity index (χ0) is 16.2. The molecule has 0 radical (unpaired) electrons. The Balaban J connectivity index is 2.02. The third-order valence-corrected chi connectivity index (χ3v) is 3.43. The molecule has 22 heavy (non-hydrogen) atoms. The fourth-order valence-electron chi connectivity index (χ4n) is 2.03. The van der Waals surface area contributed by atoms with E-state index in [2.05, 4.69) is 24.4 Å². The molecule has 0 aliphatic rings. The first-order chi connectivity index (χ1) is 10.4. The van der Waals surface area contributed by atoms with Crippen molar-refractivity contribution in [3.05, 3.63) is 60.2 Å². The zero-order valence-electron chi connectivity index (χ0n) is 13.0. The van der Waals surface area contributed by atoms with Gasteiger partial charge in [0.1, 0.15) is 5.75 Å². The van der Waals surface area contributed by atoms with Crippen molar-refractivity contribution >= 4 is 11.7 Å². The number of carboxylic acid groups (broad SMARTS) is 1. The molecule has 0 saturated heterocycles. The maximum Gasteiger partial charge on any atom is 0.347 e. The largest absolute Gasteiger partial charge is 0.478 e. The van der Waals surface area contributed by atoms with Gasteiger partial charge in [-0.2, -0.15) is 0 Å². The van der Waals surface area contributed by atoms with Crippen LogP contribution in [0.1, 0.15) is 32.4 Å². The highest BCUT2D eigenvalue weighted by Crippen LogP contribution is 2.24. The third-order valence-electron chi connectivity index (χ3n) is 3.43. The van der Waals surface area contributed by atoms with Crippen LogP contribution in [0, 0.1) is 0 Å². The van der Waals surface area contributed by atoms with E-state index in [9.17, 15) is 4.79 Å². The maximum absolute atomic E-state index is 11.1. The summed E-state index contributed by atoms with van der Waals surface area (Å²) in [5.74, 6) is -0.460. The molecule has 2 aromatic rings. The molecule has 0 aliphatic heterocycles. The van der Waals surface area contributed by atoms with E-state index in [0.29, 0.717) is 5.75 Å². The summed E-state index contributed by atoms with van der Waals surface area (Å²) in [6, 6.07) is 17.6. The lowest BCUT2D eigenvalue weighted by molar-refractivity contribution is -0.152. The molecule has 4 heteroatoms. The van der Waals surface area contributed by atoms with Crippen molar-refractivity contribution in [3.8, 4) is 5.75 Å². The molecule has 0 heterocycles. The number of rotatable bonds is 6. The fraction of sp³-hybridized carbons (Fsp3) is 0.278. The highest BCUT2D eigenvalue weighted by molar-refractivity contribution is 5.76. The monoisotopic (exact) mass is 299 g/mol. The fourth-order valence-corrected chi connectivity index (χ4v) is 2.03. The Kier molecular flexibility index (Phi) is 4.71. The molecule has 0 bridgehead atoms. The minimum absolute atomic E-state index is 0.184. The molecule has 0 fully saturated rings. The van der Waals surface area contributed by atoms with Crippen LogP contribution < -0.4 is 10.1 Å². The Morgan fingerprint density at radius 3 is 2.23 bits per heavy atom. The first-order valence-corrected chi connectivity index (χ1v) is 7.22. The minimum Gasteiger partial charge on any atom is -0.478 e. The van der Waals surface area contributed by atoms with E-state index < -0.39 is 11.6 Å². The van der Waals surface area contributed by atoms with E-state index in [1.54, 1.807) is 12.1 Å². The van der Waals surface area contributed by atoms with E-state index in [4.69, 9.17) is 9.84 Å². The maximum atomic E-state index is 11.1. The van der Waals surface area contributed by atoms with Crippen LogP contribution in [0.15, 0.2) is 54.6 Å². The van der Waals surface area contributed by atoms with Crippen molar-refractivity contribution in [1.82, 2.24) is 0 Å². The van der Waals surface area contributed by atoms with Crippen LogP contribution >= 0.6 is 0 Å². The Morgan fingerprint density at radius 1 is 1.09 bits per heavy atom. The Morgan fingerprint density at radius 2 is 1.68 bits per heavy atom. The van der Waals surface area contributed by atoms with E-state index in [1.807, 2.05) is 30.3 Å². The molecule has 0 aliphatic carbocycles. The summed E-state index contributed by atoms with van der Waals surface area (Å²) < 4.78 is 5.48. The number of benzene rings is 2. The van der Waals surface area contributed by atoms with Crippen molar-refractivity contribution in [2.75, 3.05) is 5.32 Å². The van der Waals surface area contributed by atoms with Crippen LogP contribution in [0.5, 0.6) is 5.75 Å². The molecule has 2 aromatic carbocycles. The SMILES string of the molecule is CC(Nc1ccc(OC(C)(C)C(=O)O)cc1)c1ccccc1.